The number of hydrogen-bond donors (Lipinski definition) is 2. The fourth-order valence-electron chi connectivity index (χ4n) is 3.75. The normalized spacial score (nSPS) is 21.3. The van der Waals surface area contributed by atoms with Crippen molar-refractivity contribution in [1.82, 2.24) is 9.88 Å². The van der Waals surface area contributed by atoms with Gasteiger partial charge in [0.05, 0.1) is 32.1 Å². The number of aliphatic carboxylic acids is 2. The molecule has 0 saturated carbocycles. The van der Waals surface area contributed by atoms with Crippen LogP contribution in [0.1, 0.15) is 11.3 Å². The van der Waals surface area contributed by atoms with Crippen molar-refractivity contribution >= 4 is 23.3 Å². The number of aromatic nitrogens is 1. The molecular weight excluding hydrogens is 534 g/mol. The third-order valence-electron chi connectivity index (χ3n) is 5.43. The van der Waals surface area contributed by atoms with Gasteiger partial charge < -0.3 is 19.7 Å². The Balaban J connectivity index is 0.000000286. The first-order valence-corrected chi connectivity index (χ1v) is 11.6. The molecule has 2 fully saturated rings. The highest BCUT2D eigenvalue weighted by Gasteiger charge is 2.50. The van der Waals surface area contributed by atoms with Gasteiger partial charge in [-0.05, 0) is 34.5 Å². The fourth-order valence-corrected chi connectivity index (χ4v) is 4.41. The number of rotatable bonds is 6. The number of alkyl halides is 6. The molecule has 8 nitrogen and oxygen atoms in total. The lowest BCUT2D eigenvalue weighted by atomic mass is 9.82. The molecule has 4 heterocycles. The van der Waals surface area contributed by atoms with Crippen molar-refractivity contribution in [3.8, 4) is 0 Å². The Morgan fingerprint density at radius 3 is 2.30 bits per heavy atom. The Labute approximate surface area is 211 Å². The maximum absolute atomic E-state index is 10.6. The standard InChI is InChI=1S/C18H22N2O2S.2C2HF3O2/c1-2-5-19-17(3-1)10-22-14-18-12-20(7-15-4-6-23-11-15)8-16(18)9-21-13-18;2*3-2(4,5)1(6)7/h1-6,11,16H,7-10,12-14H2;2*(H,6,7)/t16-,18+;;/m1../s1. The lowest BCUT2D eigenvalue weighted by Crippen LogP contribution is -2.35. The molecule has 0 radical (unpaired) electrons. The lowest BCUT2D eigenvalue weighted by molar-refractivity contribution is -0.193. The molecule has 2 aliphatic rings. The Morgan fingerprint density at radius 2 is 1.78 bits per heavy atom. The van der Waals surface area contributed by atoms with E-state index in [1.54, 1.807) is 11.3 Å². The molecule has 4 rings (SSSR count). The van der Waals surface area contributed by atoms with Crippen molar-refractivity contribution in [3.05, 3.63) is 52.5 Å². The zero-order valence-electron chi connectivity index (χ0n) is 19.2. The molecule has 0 unspecified atom stereocenters. The van der Waals surface area contributed by atoms with Gasteiger partial charge in [-0.3, -0.25) is 9.88 Å². The van der Waals surface area contributed by atoms with E-state index in [0.29, 0.717) is 12.5 Å². The van der Waals surface area contributed by atoms with Gasteiger partial charge in [0.1, 0.15) is 0 Å². The maximum Gasteiger partial charge on any atom is 0.490 e. The Morgan fingerprint density at radius 1 is 1.14 bits per heavy atom. The molecule has 2 aromatic heterocycles. The quantitative estimate of drug-likeness (QED) is 0.511. The van der Waals surface area contributed by atoms with Gasteiger partial charge in [-0.25, -0.2) is 9.59 Å². The highest BCUT2D eigenvalue weighted by Crippen LogP contribution is 2.42. The molecule has 0 aromatic carbocycles. The topological polar surface area (TPSA) is 109 Å². The van der Waals surface area contributed by atoms with E-state index < -0.39 is 24.3 Å². The van der Waals surface area contributed by atoms with E-state index >= 15 is 0 Å². The van der Waals surface area contributed by atoms with Gasteiger partial charge in [-0.1, -0.05) is 6.07 Å². The fraction of sp³-hybridized carbons (Fsp3) is 0.500. The molecule has 0 bridgehead atoms. The number of carbonyl (C=O) groups is 2. The number of nitrogens with zero attached hydrogens (tertiary/aromatic N) is 2. The molecule has 2 aromatic rings. The van der Waals surface area contributed by atoms with E-state index in [0.717, 1.165) is 45.1 Å². The Kier molecular flexibility index (Phi) is 10.8. The molecule has 2 aliphatic heterocycles. The number of carboxylic acid groups (broad SMARTS) is 2. The van der Waals surface area contributed by atoms with E-state index in [1.165, 1.54) is 5.56 Å². The first-order valence-electron chi connectivity index (χ1n) is 10.6. The summed E-state index contributed by atoms with van der Waals surface area (Å²) < 4.78 is 75.3. The number of thiophene rings is 1. The molecule has 2 N–H and O–H groups in total. The summed E-state index contributed by atoms with van der Waals surface area (Å²) in [5, 5.41) is 18.6. The van der Waals surface area contributed by atoms with Crippen LogP contribution in [0.3, 0.4) is 0 Å². The minimum absolute atomic E-state index is 0.158. The minimum Gasteiger partial charge on any atom is -0.475 e. The third kappa shape index (κ3) is 9.91. The van der Waals surface area contributed by atoms with Gasteiger partial charge in [0.2, 0.25) is 0 Å². The van der Waals surface area contributed by atoms with Crippen molar-refractivity contribution in [3.63, 3.8) is 0 Å². The number of ether oxygens (including phenoxy) is 2. The highest BCUT2D eigenvalue weighted by atomic mass is 32.1. The van der Waals surface area contributed by atoms with Crippen LogP contribution in [-0.2, 0) is 32.2 Å². The highest BCUT2D eigenvalue weighted by molar-refractivity contribution is 7.07. The molecule has 0 aliphatic carbocycles. The first-order chi connectivity index (χ1) is 17.2. The van der Waals surface area contributed by atoms with Crippen molar-refractivity contribution in [2.75, 3.05) is 32.9 Å². The van der Waals surface area contributed by atoms with Crippen LogP contribution in [0.4, 0.5) is 26.3 Å². The number of pyridine rings is 1. The predicted octanol–water partition coefficient (Wildman–Crippen LogP) is 4.07. The van der Waals surface area contributed by atoms with Crippen molar-refractivity contribution in [2.24, 2.45) is 11.3 Å². The summed E-state index contributed by atoms with van der Waals surface area (Å²) in [5.74, 6) is -4.93. The summed E-state index contributed by atoms with van der Waals surface area (Å²) in [7, 11) is 0. The Bertz CT molecular complexity index is 966. The van der Waals surface area contributed by atoms with E-state index in [2.05, 4.69) is 26.7 Å². The van der Waals surface area contributed by atoms with Crippen LogP contribution in [-0.4, -0.2) is 77.3 Å². The van der Waals surface area contributed by atoms with Crippen molar-refractivity contribution in [1.29, 1.82) is 0 Å². The zero-order chi connectivity index (χ0) is 27.7. The molecule has 0 amide bonds. The van der Waals surface area contributed by atoms with Gasteiger partial charge in [0.25, 0.3) is 0 Å². The molecule has 15 heteroatoms. The van der Waals surface area contributed by atoms with Gasteiger partial charge >= 0.3 is 24.3 Å². The monoisotopic (exact) mass is 558 g/mol. The maximum atomic E-state index is 10.6. The Hall–Kier alpha value is -2.75. The lowest BCUT2D eigenvalue weighted by Gasteiger charge is -2.27. The summed E-state index contributed by atoms with van der Waals surface area (Å²) in [6, 6.07) is 8.17. The van der Waals surface area contributed by atoms with E-state index in [9.17, 15) is 26.3 Å². The summed E-state index contributed by atoms with van der Waals surface area (Å²) in [5.41, 5.74) is 2.57. The van der Waals surface area contributed by atoms with Crippen LogP contribution in [0.5, 0.6) is 0 Å². The predicted molar refractivity (Wildman–Crippen MR) is 118 cm³/mol. The van der Waals surface area contributed by atoms with Gasteiger partial charge in [0.15, 0.2) is 0 Å². The van der Waals surface area contributed by atoms with Crippen molar-refractivity contribution < 1.29 is 55.6 Å². The van der Waals surface area contributed by atoms with E-state index in [-0.39, 0.29) is 5.41 Å². The number of halogens is 6. The summed E-state index contributed by atoms with van der Waals surface area (Å²) >= 11 is 1.77. The average Bonchev–Trinajstić information content (AvgIpc) is 3.51. The van der Waals surface area contributed by atoms with Gasteiger partial charge in [-0.2, -0.15) is 37.7 Å². The zero-order valence-corrected chi connectivity index (χ0v) is 20.0. The minimum atomic E-state index is -5.08. The molecule has 2 atom stereocenters. The largest absolute Gasteiger partial charge is 0.490 e. The number of likely N-dealkylation sites (tertiary alicyclic amines) is 1. The molecule has 37 heavy (non-hydrogen) atoms. The van der Waals surface area contributed by atoms with E-state index in [1.807, 2.05) is 24.4 Å². The van der Waals surface area contributed by atoms with Crippen LogP contribution < -0.4 is 0 Å². The summed E-state index contributed by atoms with van der Waals surface area (Å²) in [4.78, 5) is 24.7. The second kappa shape index (κ2) is 13.2. The number of carboxylic acids is 2. The summed E-state index contributed by atoms with van der Waals surface area (Å²) in [6.07, 6.45) is -8.35. The van der Waals surface area contributed by atoms with E-state index in [4.69, 9.17) is 29.3 Å². The van der Waals surface area contributed by atoms with Crippen molar-refractivity contribution in [2.45, 2.75) is 25.5 Å². The van der Waals surface area contributed by atoms with Crippen LogP contribution in [0, 0.1) is 11.3 Å². The SMILES string of the molecule is O=C(O)C(F)(F)F.O=C(O)C(F)(F)F.c1ccc(COC[C@]23COC[C@H]2CN(Cc2ccsc2)C3)nc1. The van der Waals surface area contributed by atoms with Crippen LogP contribution >= 0.6 is 11.3 Å². The van der Waals surface area contributed by atoms with Crippen LogP contribution in [0.25, 0.3) is 0 Å². The average molecular weight is 558 g/mol. The third-order valence-corrected chi connectivity index (χ3v) is 6.16. The number of hydrogen-bond acceptors (Lipinski definition) is 7. The van der Waals surface area contributed by atoms with Crippen LogP contribution in [0.2, 0.25) is 0 Å². The van der Waals surface area contributed by atoms with Gasteiger partial charge in [-0.15, -0.1) is 0 Å². The summed E-state index contributed by atoms with van der Waals surface area (Å²) in [6.45, 7) is 6.25. The molecule has 206 valence electrons. The van der Waals surface area contributed by atoms with Crippen LogP contribution in [0.15, 0.2) is 41.2 Å². The molecule has 2 saturated heterocycles. The second-order valence-electron chi connectivity index (χ2n) is 8.30. The first kappa shape index (κ1) is 30.5. The van der Waals surface area contributed by atoms with Gasteiger partial charge in [0, 0.05) is 37.2 Å². The molecule has 0 spiro atoms. The second-order valence-corrected chi connectivity index (χ2v) is 9.08. The smallest absolute Gasteiger partial charge is 0.475 e. The molecular formula is C22H24F6N2O6S. The number of fused-ring (bicyclic) bond motifs is 1.